The van der Waals surface area contributed by atoms with Crippen molar-refractivity contribution in [3.63, 3.8) is 0 Å². The van der Waals surface area contributed by atoms with Crippen LogP contribution in [-0.2, 0) is 13.0 Å². The van der Waals surface area contributed by atoms with Gasteiger partial charge >= 0.3 is 0 Å². The van der Waals surface area contributed by atoms with Crippen LogP contribution in [0.4, 0.5) is 0 Å². The molecular formula is C13H19N. The minimum Gasteiger partial charge on any atom is -0.302 e. The molecule has 76 valence electrons. The second kappa shape index (κ2) is 3.74. The third-order valence-electron chi connectivity index (χ3n) is 3.12. The Hall–Kier alpha value is -0.820. The fraction of sp³-hybridized carbons (Fsp3) is 0.538. The van der Waals surface area contributed by atoms with E-state index in [1.54, 1.807) is 11.1 Å². The molecule has 0 radical (unpaired) electrons. The molecule has 0 aliphatic carbocycles. The molecule has 0 bridgehead atoms. The van der Waals surface area contributed by atoms with Gasteiger partial charge in [0.2, 0.25) is 0 Å². The van der Waals surface area contributed by atoms with Gasteiger partial charge in [0.25, 0.3) is 0 Å². The summed E-state index contributed by atoms with van der Waals surface area (Å²) in [6.07, 6.45) is 1.22. The molecule has 0 amide bonds. The van der Waals surface area contributed by atoms with Crippen LogP contribution in [0.2, 0.25) is 0 Å². The zero-order valence-corrected chi connectivity index (χ0v) is 9.38. The third kappa shape index (κ3) is 1.69. The smallest absolute Gasteiger partial charge is 0.0233 e. The summed E-state index contributed by atoms with van der Waals surface area (Å²) in [5.41, 5.74) is 4.70. The van der Waals surface area contributed by atoms with Gasteiger partial charge in [-0.05, 0) is 36.1 Å². The predicted octanol–water partition coefficient (Wildman–Crippen LogP) is 2.80. The second-order valence-electron chi connectivity index (χ2n) is 4.63. The van der Waals surface area contributed by atoms with Crippen molar-refractivity contribution in [2.75, 3.05) is 13.6 Å². The number of nitrogens with zero attached hydrogens (tertiary/aromatic N) is 1. The molecule has 1 heteroatoms. The van der Waals surface area contributed by atoms with Crippen LogP contribution < -0.4 is 0 Å². The molecule has 0 saturated carbocycles. The molecule has 0 unspecified atom stereocenters. The summed E-state index contributed by atoms with van der Waals surface area (Å²) in [5.74, 6) is 0.661. The third-order valence-corrected chi connectivity index (χ3v) is 3.12. The minimum atomic E-state index is 0.661. The van der Waals surface area contributed by atoms with E-state index in [1.165, 1.54) is 18.5 Å². The van der Waals surface area contributed by atoms with E-state index in [0.717, 1.165) is 6.54 Å². The summed E-state index contributed by atoms with van der Waals surface area (Å²) in [6.45, 7) is 6.90. The van der Waals surface area contributed by atoms with Crippen molar-refractivity contribution in [1.29, 1.82) is 0 Å². The maximum Gasteiger partial charge on any atom is 0.0233 e. The highest BCUT2D eigenvalue weighted by Gasteiger charge is 2.16. The van der Waals surface area contributed by atoms with Gasteiger partial charge in [-0.15, -0.1) is 0 Å². The minimum absolute atomic E-state index is 0.661. The molecule has 1 aliphatic rings. The lowest BCUT2D eigenvalue weighted by Crippen LogP contribution is -2.27. The Morgan fingerprint density at radius 3 is 2.79 bits per heavy atom. The molecule has 0 N–H and O–H groups in total. The van der Waals surface area contributed by atoms with E-state index in [4.69, 9.17) is 0 Å². The van der Waals surface area contributed by atoms with E-state index >= 15 is 0 Å². The lowest BCUT2D eigenvalue weighted by atomic mass is 9.89. The van der Waals surface area contributed by atoms with Crippen molar-refractivity contribution < 1.29 is 0 Å². The molecule has 1 aromatic rings. The Morgan fingerprint density at radius 2 is 2.07 bits per heavy atom. The monoisotopic (exact) mass is 189 g/mol. The fourth-order valence-corrected chi connectivity index (χ4v) is 2.32. The van der Waals surface area contributed by atoms with Crippen LogP contribution in [0.3, 0.4) is 0 Å². The van der Waals surface area contributed by atoms with Crippen molar-refractivity contribution in [2.45, 2.75) is 32.7 Å². The summed E-state index contributed by atoms with van der Waals surface area (Å²) in [7, 11) is 2.20. The Labute approximate surface area is 86.7 Å². The van der Waals surface area contributed by atoms with Crippen molar-refractivity contribution in [3.8, 4) is 0 Å². The van der Waals surface area contributed by atoms with Crippen LogP contribution in [0.1, 0.15) is 36.5 Å². The van der Waals surface area contributed by atoms with E-state index in [9.17, 15) is 0 Å². The van der Waals surface area contributed by atoms with Crippen LogP contribution >= 0.6 is 0 Å². The van der Waals surface area contributed by atoms with Crippen LogP contribution in [0.25, 0.3) is 0 Å². The number of fused-ring (bicyclic) bond motifs is 1. The predicted molar refractivity (Wildman–Crippen MR) is 60.6 cm³/mol. The molecular weight excluding hydrogens is 170 g/mol. The number of benzene rings is 1. The van der Waals surface area contributed by atoms with Gasteiger partial charge in [-0.2, -0.15) is 0 Å². The zero-order chi connectivity index (χ0) is 10.1. The van der Waals surface area contributed by atoms with Crippen LogP contribution in [0.15, 0.2) is 18.2 Å². The van der Waals surface area contributed by atoms with Gasteiger partial charge in [-0.25, -0.2) is 0 Å². The summed E-state index contributed by atoms with van der Waals surface area (Å²) < 4.78 is 0. The largest absolute Gasteiger partial charge is 0.302 e. The summed E-state index contributed by atoms with van der Waals surface area (Å²) in [6, 6.07) is 6.76. The van der Waals surface area contributed by atoms with Crippen LogP contribution in [0, 0.1) is 0 Å². The van der Waals surface area contributed by atoms with Gasteiger partial charge < -0.3 is 4.90 Å². The molecule has 0 saturated heterocycles. The second-order valence-corrected chi connectivity index (χ2v) is 4.63. The molecule has 2 rings (SSSR count). The maximum absolute atomic E-state index is 2.40. The van der Waals surface area contributed by atoms with Gasteiger partial charge in [0.1, 0.15) is 0 Å². The average Bonchev–Trinajstić information content (AvgIpc) is 2.16. The molecule has 0 atom stereocenters. The van der Waals surface area contributed by atoms with E-state index in [-0.39, 0.29) is 0 Å². The highest BCUT2D eigenvalue weighted by atomic mass is 15.1. The first-order valence-electron chi connectivity index (χ1n) is 5.47. The normalized spacial score (nSPS) is 17.1. The van der Waals surface area contributed by atoms with Crippen LogP contribution in [0.5, 0.6) is 0 Å². The van der Waals surface area contributed by atoms with Crippen molar-refractivity contribution in [2.24, 2.45) is 0 Å². The fourth-order valence-electron chi connectivity index (χ4n) is 2.32. The highest BCUT2D eigenvalue weighted by molar-refractivity contribution is 5.38. The topological polar surface area (TPSA) is 3.24 Å². The number of rotatable bonds is 1. The zero-order valence-electron chi connectivity index (χ0n) is 9.38. The standard InChI is InChI=1S/C13H19N/c1-10(2)12-6-4-5-11-9-14(3)8-7-13(11)12/h4-6,10H,7-9H2,1-3H3. The Morgan fingerprint density at radius 1 is 1.29 bits per heavy atom. The Bertz CT molecular complexity index is 328. The van der Waals surface area contributed by atoms with E-state index in [1.807, 2.05) is 0 Å². The van der Waals surface area contributed by atoms with Gasteiger partial charge in [-0.1, -0.05) is 32.0 Å². The van der Waals surface area contributed by atoms with E-state index in [2.05, 4.69) is 44.0 Å². The Balaban J connectivity index is 2.41. The van der Waals surface area contributed by atoms with E-state index < -0.39 is 0 Å². The molecule has 1 heterocycles. The molecule has 0 aromatic heterocycles. The van der Waals surface area contributed by atoms with Crippen LogP contribution in [-0.4, -0.2) is 18.5 Å². The molecule has 14 heavy (non-hydrogen) atoms. The average molecular weight is 189 g/mol. The van der Waals surface area contributed by atoms with Crippen molar-refractivity contribution >= 4 is 0 Å². The first-order chi connectivity index (χ1) is 6.68. The van der Waals surface area contributed by atoms with Crippen molar-refractivity contribution in [1.82, 2.24) is 4.90 Å². The molecule has 0 fully saturated rings. The van der Waals surface area contributed by atoms with Gasteiger partial charge in [0, 0.05) is 13.1 Å². The first-order valence-corrected chi connectivity index (χ1v) is 5.47. The number of likely N-dealkylation sites (N-methyl/N-ethyl adjacent to an activating group) is 1. The summed E-state index contributed by atoms with van der Waals surface area (Å²) >= 11 is 0. The summed E-state index contributed by atoms with van der Waals surface area (Å²) in [5, 5.41) is 0. The summed E-state index contributed by atoms with van der Waals surface area (Å²) in [4.78, 5) is 2.40. The molecule has 1 aliphatic heterocycles. The molecule has 0 spiro atoms. The molecule has 1 nitrogen and oxygen atoms in total. The lowest BCUT2D eigenvalue weighted by molar-refractivity contribution is 0.312. The van der Waals surface area contributed by atoms with Crippen molar-refractivity contribution in [3.05, 3.63) is 34.9 Å². The maximum atomic E-state index is 2.40. The SMILES string of the molecule is CC(C)c1cccc2c1CCN(C)C2. The highest BCUT2D eigenvalue weighted by Crippen LogP contribution is 2.26. The number of hydrogen-bond acceptors (Lipinski definition) is 1. The van der Waals surface area contributed by atoms with Gasteiger partial charge in [0.05, 0.1) is 0 Å². The van der Waals surface area contributed by atoms with Gasteiger partial charge in [0.15, 0.2) is 0 Å². The quantitative estimate of drug-likeness (QED) is 0.656. The first kappa shape index (κ1) is 9.72. The lowest BCUT2D eigenvalue weighted by Gasteiger charge is -2.27. The Kier molecular flexibility index (Phi) is 2.60. The van der Waals surface area contributed by atoms with Gasteiger partial charge in [-0.3, -0.25) is 0 Å². The molecule has 1 aromatic carbocycles. The number of hydrogen-bond donors (Lipinski definition) is 0. The van der Waals surface area contributed by atoms with E-state index in [0.29, 0.717) is 5.92 Å².